The molecule has 204 valence electrons. The van der Waals surface area contributed by atoms with E-state index >= 15 is 0 Å². The molecule has 2 rings (SSSR count). The van der Waals surface area contributed by atoms with Crippen LogP contribution in [0, 0.1) is 0 Å². The zero-order valence-electron chi connectivity index (χ0n) is 22.9. The molecule has 0 unspecified atom stereocenters. The topological polar surface area (TPSA) is 84.0 Å². The lowest BCUT2D eigenvalue weighted by Crippen LogP contribution is -2.48. The van der Waals surface area contributed by atoms with Crippen molar-refractivity contribution in [3.63, 3.8) is 0 Å². The lowest BCUT2D eigenvalue weighted by molar-refractivity contribution is -0.0367. The van der Waals surface area contributed by atoms with Crippen LogP contribution in [0.2, 0.25) is 0 Å². The highest BCUT2D eigenvalue weighted by Crippen LogP contribution is 2.35. The molecular weight excluding hydrogens is 462 g/mol. The Morgan fingerprint density at radius 1 is 0.528 bits per heavy atom. The van der Waals surface area contributed by atoms with Crippen molar-refractivity contribution in [2.24, 2.45) is 0 Å². The maximum atomic E-state index is 13.4. The van der Waals surface area contributed by atoms with Crippen molar-refractivity contribution in [1.29, 1.82) is 0 Å². The van der Waals surface area contributed by atoms with Gasteiger partial charge < -0.3 is 18.9 Å². The van der Waals surface area contributed by atoms with Gasteiger partial charge in [0.15, 0.2) is 12.3 Å². The van der Waals surface area contributed by atoms with Gasteiger partial charge in [-0.15, -0.1) is 0 Å². The van der Waals surface area contributed by atoms with E-state index in [1.807, 2.05) is 0 Å². The second kappa shape index (κ2) is 19.6. The monoisotopic (exact) mass is 508 g/mol. The fraction of sp³-hybridized carbons (Fsp3) is 0.917. The molecule has 0 N–H and O–H groups in total. The summed E-state index contributed by atoms with van der Waals surface area (Å²) in [5.41, 5.74) is 0. The molecule has 12 heteroatoms. The number of rotatable bonds is 20. The Kier molecular flexibility index (Phi) is 17.7. The second-order valence-corrected chi connectivity index (χ2v) is 8.84. The molecule has 0 aromatic heterocycles. The predicted molar refractivity (Wildman–Crippen MR) is 140 cm³/mol. The number of hydrogen-bond acceptors (Lipinski definition) is 6. The van der Waals surface area contributed by atoms with Crippen LogP contribution in [0.3, 0.4) is 0 Å². The summed E-state index contributed by atoms with van der Waals surface area (Å²) in [6, 6.07) is -0.403. The molecule has 4 radical (unpaired) electrons. The minimum absolute atomic E-state index is 0.120. The molecule has 0 spiro atoms. The fourth-order valence-electron chi connectivity index (χ4n) is 3.93. The zero-order chi connectivity index (χ0) is 26.8. The van der Waals surface area contributed by atoms with Gasteiger partial charge in [-0.1, -0.05) is 53.4 Å². The number of nitrogens with zero attached hydrogens (tertiary/aromatic N) is 4. The number of amides is 4. The molecule has 0 aliphatic carbocycles. The molecule has 2 saturated heterocycles. The van der Waals surface area contributed by atoms with Crippen LogP contribution in [-0.4, -0.2) is 113 Å². The highest BCUT2D eigenvalue weighted by molar-refractivity contribution is 6.75. The van der Waals surface area contributed by atoms with Crippen LogP contribution in [0.25, 0.3) is 0 Å². The van der Waals surface area contributed by atoms with Crippen LogP contribution in [0.4, 0.5) is 9.59 Å². The van der Waals surface area contributed by atoms with Crippen molar-refractivity contribution in [3.05, 3.63) is 0 Å². The van der Waals surface area contributed by atoms with Crippen molar-refractivity contribution < 1.29 is 28.5 Å². The summed E-state index contributed by atoms with van der Waals surface area (Å²) in [7, 11) is 8.00. The second-order valence-electron chi connectivity index (χ2n) is 8.84. The Morgan fingerprint density at radius 3 is 0.944 bits per heavy atom. The van der Waals surface area contributed by atoms with Crippen LogP contribution in [-0.2, 0) is 18.9 Å². The van der Waals surface area contributed by atoms with E-state index in [0.29, 0.717) is 26.4 Å². The lowest BCUT2D eigenvalue weighted by atomic mass is 9.81. The first-order valence-corrected chi connectivity index (χ1v) is 13.4. The van der Waals surface area contributed by atoms with E-state index in [2.05, 4.69) is 43.2 Å². The smallest absolute Gasteiger partial charge is 0.327 e. The number of carbonyl (C=O) groups excluding carboxylic acids is 2. The molecule has 4 amide bonds. The Balaban J connectivity index is 0.00000316. The third kappa shape index (κ3) is 9.43. The van der Waals surface area contributed by atoms with E-state index in [0.717, 1.165) is 51.4 Å². The third-order valence-electron chi connectivity index (χ3n) is 6.02. The molecule has 2 fully saturated rings. The number of ether oxygens (including phenoxy) is 4. The van der Waals surface area contributed by atoms with Crippen LogP contribution in [0.1, 0.15) is 79.1 Å². The Bertz CT molecular complexity index is 513. The van der Waals surface area contributed by atoms with Crippen LogP contribution < -0.4 is 0 Å². The number of hydrogen-bond donors (Lipinski definition) is 0. The number of carbonyl (C=O) groups is 2. The maximum absolute atomic E-state index is 13.4. The average Bonchev–Trinajstić information content (AvgIpc) is 3.31. The van der Waals surface area contributed by atoms with E-state index in [1.165, 1.54) is 0 Å². The molecule has 0 saturated carbocycles. The van der Waals surface area contributed by atoms with Crippen LogP contribution >= 0.6 is 0 Å². The molecule has 0 atom stereocenters. The van der Waals surface area contributed by atoms with Crippen molar-refractivity contribution >= 4 is 27.5 Å². The highest BCUT2D eigenvalue weighted by Gasteiger charge is 2.59. The molecule has 2 aliphatic rings. The maximum Gasteiger partial charge on any atom is 0.327 e. The summed E-state index contributed by atoms with van der Waals surface area (Å²) < 4.78 is 23.2. The first kappa shape index (κ1) is 32.5. The van der Waals surface area contributed by atoms with Crippen molar-refractivity contribution in [3.8, 4) is 0 Å². The van der Waals surface area contributed by atoms with Gasteiger partial charge in [-0.05, 0) is 25.7 Å². The van der Waals surface area contributed by atoms with Crippen molar-refractivity contribution in [1.82, 2.24) is 19.6 Å². The standard InChI is InChI=1S/C24H46N4O6.B2/c1-5-9-13-31-17-25-21-22(27(23(25)29)19-33-15-11-7-3)28(20-34-16-12-8-4)24(30)26(21)18-32-14-10-6-2;1-2/h21-22H,5-20H2,1-4H3;. The van der Waals surface area contributed by atoms with E-state index < -0.39 is 12.3 Å². The van der Waals surface area contributed by atoms with E-state index in [9.17, 15) is 9.59 Å². The van der Waals surface area contributed by atoms with Gasteiger partial charge in [0, 0.05) is 41.9 Å². The summed E-state index contributed by atoms with van der Waals surface area (Å²) >= 11 is 0. The average molecular weight is 508 g/mol. The molecule has 10 nitrogen and oxygen atoms in total. The van der Waals surface area contributed by atoms with Gasteiger partial charge >= 0.3 is 12.1 Å². The zero-order valence-corrected chi connectivity index (χ0v) is 22.9. The van der Waals surface area contributed by atoms with Crippen LogP contribution in [0.15, 0.2) is 0 Å². The normalized spacial score (nSPS) is 19.2. The number of fused-ring (bicyclic) bond motifs is 1. The van der Waals surface area contributed by atoms with Gasteiger partial charge in [0.1, 0.15) is 26.9 Å². The van der Waals surface area contributed by atoms with Gasteiger partial charge in [-0.2, -0.15) is 0 Å². The molecule has 0 bridgehead atoms. The van der Waals surface area contributed by atoms with Crippen molar-refractivity contribution in [2.45, 2.75) is 91.4 Å². The summed E-state index contributed by atoms with van der Waals surface area (Å²) in [6.07, 6.45) is 6.67. The first-order chi connectivity index (χ1) is 17.6. The Hall–Kier alpha value is -1.49. The lowest BCUT2D eigenvalue weighted by Gasteiger charge is -2.29. The first-order valence-electron chi connectivity index (χ1n) is 13.4. The Labute approximate surface area is 220 Å². The minimum Gasteiger partial charge on any atom is -0.361 e. The summed E-state index contributed by atoms with van der Waals surface area (Å²) in [5, 5.41) is 0. The molecule has 0 aromatic carbocycles. The van der Waals surface area contributed by atoms with Gasteiger partial charge in [0.05, 0.1) is 0 Å². The number of unbranched alkanes of at least 4 members (excludes halogenated alkanes) is 4. The number of urea groups is 2. The summed E-state index contributed by atoms with van der Waals surface area (Å²) in [6.45, 7) is 11.1. The molecule has 36 heavy (non-hydrogen) atoms. The van der Waals surface area contributed by atoms with E-state index in [-0.39, 0.29) is 39.0 Å². The van der Waals surface area contributed by atoms with Gasteiger partial charge in [-0.25, -0.2) is 9.59 Å². The summed E-state index contributed by atoms with van der Waals surface area (Å²) in [4.78, 5) is 33.4. The minimum atomic E-state index is -0.521. The Morgan fingerprint density at radius 2 is 0.750 bits per heavy atom. The van der Waals surface area contributed by atoms with E-state index in [1.54, 1.807) is 19.6 Å². The van der Waals surface area contributed by atoms with Crippen LogP contribution in [0.5, 0.6) is 0 Å². The molecule has 2 heterocycles. The fourth-order valence-corrected chi connectivity index (χ4v) is 3.93. The van der Waals surface area contributed by atoms with E-state index in [4.69, 9.17) is 18.9 Å². The third-order valence-corrected chi connectivity index (χ3v) is 6.02. The highest BCUT2D eigenvalue weighted by atomic mass is 16.5. The summed E-state index contributed by atoms with van der Waals surface area (Å²) in [5.74, 6) is 0. The molecule has 2 aliphatic heterocycles. The quantitative estimate of drug-likeness (QED) is 0.185. The molecule has 0 aromatic rings. The van der Waals surface area contributed by atoms with Gasteiger partial charge in [-0.3, -0.25) is 19.6 Å². The van der Waals surface area contributed by atoms with Gasteiger partial charge in [0.25, 0.3) is 0 Å². The van der Waals surface area contributed by atoms with Gasteiger partial charge in [0.2, 0.25) is 0 Å². The predicted octanol–water partition coefficient (Wildman–Crippen LogP) is 3.45. The molecular formula is C24H46B2N4O6. The van der Waals surface area contributed by atoms with Crippen molar-refractivity contribution in [2.75, 3.05) is 53.4 Å². The largest absolute Gasteiger partial charge is 0.361 e. The SMILES string of the molecule is CCCCOCN1C(=O)N(COCCCC)C2C1N(COCCCC)C(=O)N2COCCCC.[B][B].